The molecule has 2 unspecified atom stereocenters. The Bertz CT molecular complexity index is 1470. The number of hydrogen-bond donors (Lipinski definition) is 2. The summed E-state index contributed by atoms with van der Waals surface area (Å²) in [5.41, 5.74) is 6.27. The van der Waals surface area contributed by atoms with Crippen LogP contribution in [0.3, 0.4) is 0 Å². The number of likely N-dealkylation sites (tertiary alicyclic amines) is 1. The van der Waals surface area contributed by atoms with Gasteiger partial charge in [0.15, 0.2) is 0 Å². The number of amides is 5. The molecule has 2 aromatic carbocycles. The lowest BCUT2D eigenvalue weighted by Gasteiger charge is -2.30. The monoisotopic (exact) mass is 546 g/mol. The molecule has 3 heterocycles. The average Bonchev–Trinajstić information content (AvgIpc) is 3.27. The van der Waals surface area contributed by atoms with E-state index in [2.05, 4.69) is 5.32 Å². The maximum atomic E-state index is 13.2. The van der Waals surface area contributed by atoms with Crippen LogP contribution in [0.25, 0.3) is 0 Å². The third-order valence-corrected chi connectivity index (χ3v) is 8.78. The number of halogens is 2. The number of anilines is 1. The minimum Gasteiger partial charge on any atom is -0.351 e. The Labute approximate surface area is 216 Å². The Balaban J connectivity index is 1.55. The third-order valence-electron chi connectivity index (χ3n) is 5.93. The molecule has 2 aliphatic rings. The van der Waals surface area contributed by atoms with Crippen molar-refractivity contribution in [3.8, 4) is 0 Å². The molecule has 3 atom stereocenters. The largest absolute Gasteiger partial charge is 0.351 e. The van der Waals surface area contributed by atoms with E-state index in [9.17, 15) is 28.4 Å². The number of thioether (sulfide) groups is 1. The predicted octanol–water partition coefficient (Wildman–Crippen LogP) is 3.01. The molecule has 5 amide bonds. The number of fused-ring (bicyclic) bond motifs is 2. The average molecular weight is 547 g/mol. The second-order valence-corrected chi connectivity index (χ2v) is 10.7. The van der Waals surface area contributed by atoms with E-state index in [0.717, 1.165) is 23.1 Å². The summed E-state index contributed by atoms with van der Waals surface area (Å²) in [4.78, 5) is 64.2. The van der Waals surface area contributed by atoms with Gasteiger partial charge in [-0.2, -0.15) is 4.90 Å². The lowest BCUT2D eigenvalue weighted by Crippen LogP contribution is -2.41. The number of imide groups is 3. The van der Waals surface area contributed by atoms with Crippen LogP contribution >= 0.6 is 34.7 Å². The van der Waals surface area contributed by atoms with E-state index < -0.39 is 51.5 Å². The van der Waals surface area contributed by atoms with Crippen molar-refractivity contribution >= 4 is 64.1 Å². The molecule has 0 radical (unpaired) electrons. The molecule has 36 heavy (non-hydrogen) atoms. The van der Waals surface area contributed by atoms with Gasteiger partial charge >= 0.3 is 10.9 Å². The summed E-state index contributed by atoms with van der Waals surface area (Å²) in [7, 11) is 0. The Hall–Kier alpha value is -3.48. The zero-order valence-corrected chi connectivity index (χ0v) is 20.5. The molecule has 1 fully saturated rings. The number of nitrogens with two attached hydrogens (primary N) is 1. The van der Waals surface area contributed by atoms with Crippen LogP contribution in [0.1, 0.15) is 16.4 Å². The van der Waals surface area contributed by atoms with Crippen LogP contribution < -0.4 is 15.9 Å². The normalized spacial score (nSPS) is 20.7. The first-order valence-electron chi connectivity index (χ1n) is 10.5. The second kappa shape index (κ2) is 9.19. The first kappa shape index (κ1) is 24.2. The van der Waals surface area contributed by atoms with E-state index in [1.54, 1.807) is 24.3 Å². The summed E-state index contributed by atoms with van der Waals surface area (Å²) in [6.07, 6.45) is 0. The van der Waals surface area contributed by atoms with Gasteiger partial charge in [-0.25, -0.2) is 9.18 Å². The number of carbonyl (C=O) groups is 4. The van der Waals surface area contributed by atoms with Gasteiger partial charge in [-0.1, -0.05) is 46.8 Å². The minimum absolute atomic E-state index is 0.346. The van der Waals surface area contributed by atoms with Crippen molar-refractivity contribution in [1.82, 2.24) is 9.47 Å². The molecule has 2 aliphatic heterocycles. The Morgan fingerprint density at radius 1 is 1.03 bits per heavy atom. The smallest absolute Gasteiger partial charge is 0.328 e. The van der Waals surface area contributed by atoms with E-state index in [1.807, 2.05) is 0 Å². The highest BCUT2D eigenvalue weighted by molar-refractivity contribution is 8.00. The number of primary amides is 1. The van der Waals surface area contributed by atoms with E-state index in [-0.39, 0.29) is 6.54 Å². The molecule has 0 bridgehead atoms. The van der Waals surface area contributed by atoms with Gasteiger partial charge < -0.3 is 11.1 Å². The van der Waals surface area contributed by atoms with Crippen LogP contribution in [0.4, 0.5) is 14.9 Å². The minimum atomic E-state index is -1.17. The standard InChI is InChI=1S/C23H16ClFN4O5S2/c24-11-3-1-10(2-4-11)15-16-17(20(32)29(19(16)31)22(26)33)35-21-18(15)36-23(34)28(21)9-14(30)27-13-7-5-12(25)6-8-13/h1-8,15-17H,9H2,(H2,26,33)(H,27,30)/t15-,16?,17?/m0/s1. The molecule has 0 saturated carbocycles. The van der Waals surface area contributed by atoms with Crippen LogP contribution in [-0.2, 0) is 20.9 Å². The number of aromatic nitrogens is 1. The van der Waals surface area contributed by atoms with Crippen molar-refractivity contribution in [1.29, 1.82) is 0 Å². The molecule has 3 aromatic rings. The number of nitrogens with zero attached hydrogens (tertiary/aromatic N) is 2. The first-order valence-corrected chi connectivity index (χ1v) is 12.6. The van der Waals surface area contributed by atoms with Crippen LogP contribution in [0, 0.1) is 11.7 Å². The van der Waals surface area contributed by atoms with E-state index in [1.165, 1.54) is 28.8 Å². The lowest BCUT2D eigenvalue weighted by molar-refractivity contribution is -0.135. The van der Waals surface area contributed by atoms with Crippen molar-refractivity contribution in [3.63, 3.8) is 0 Å². The van der Waals surface area contributed by atoms with Crippen molar-refractivity contribution in [3.05, 3.63) is 79.5 Å². The van der Waals surface area contributed by atoms with Gasteiger partial charge in [0.1, 0.15) is 17.6 Å². The fourth-order valence-electron chi connectivity index (χ4n) is 4.38. The molecular weight excluding hydrogens is 531 g/mol. The Morgan fingerprint density at radius 3 is 2.33 bits per heavy atom. The lowest BCUT2D eigenvalue weighted by atomic mass is 9.83. The first-order chi connectivity index (χ1) is 17.2. The summed E-state index contributed by atoms with van der Waals surface area (Å²) in [6.45, 7) is -0.374. The molecule has 1 saturated heterocycles. The summed E-state index contributed by atoms with van der Waals surface area (Å²) in [5, 5.41) is 2.39. The van der Waals surface area contributed by atoms with Crippen molar-refractivity contribution in [2.75, 3.05) is 5.32 Å². The SMILES string of the molecule is NC(=O)N1C(=O)C2Sc3c(sc(=O)n3CC(=O)Nc3ccc(F)cc3)[C@@H](c3ccc(Cl)cc3)C2C1=O. The highest BCUT2D eigenvalue weighted by atomic mass is 35.5. The fourth-order valence-corrected chi connectivity index (χ4v) is 7.28. The third kappa shape index (κ3) is 4.10. The summed E-state index contributed by atoms with van der Waals surface area (Å²) < 4.78 is 14.4. The van der Waals surface area contributed by atoms with Crippen molar-refractivity contribution in [2.45, 2.75) is 22.7 Å². The molecule has 9 nitrogen and oxygen atoms in total. The van der Waals surface area contributed by atoms with Crippen molar-refractivity contribution < 1.29 is 23.6 Å². The van der Waals surface area contributed by atoms with Crippen LogP contribution in [0.15, 0.2) is 58.4 Å². The molecule has 0 aliphatic carbocycles. The second-order valence-electron chi connectivity index (χ2n) is 8.12. The molecule has 3 N–H and O–H groups in total. The van der Waals surface area contributed by atoms with Crippen LogP contribution in [0.5, 0.6) is 0 Å². The number of thiazole rings is 1. The maximum absolute atomic E-state index is 13.2. The number of urea groups is 1. The van der Waals surface area contributed by atoms with Crippen LogP contribution in [0.2, 0.25) is 5.02 Å². The van der Waals surface area contributed by atoms with Gasteiger partial charge in [0.25, 0.3) is 5.91 Å². The zero-order chi connectivity index (χ0) is 25.7. The molecule has 184 valence electrons. The summed E-state index contributed by atoms with van der Waals surface area (Å²) >= 11 is 7.85. The summed E-state index contributed by atoms with van der Waals surface area (Å²) in [5.74, 6) is -4.21. The van der Waals surface area contributed by atoms with E-state index in [4.69, 9.17) is 17.3 Å². The maximum Gasteiger partial charge on any atom is 0.328 e. The highest BCUT2D eigenvalue weighted by Crippen LogP contribution is 2.53. The van der Waals surface area contributed by atoms with Gasteiger partial charge in [-0.3, -0.25) is 23.7 Å². The molecular formula is C23H16ClFN4O5S2. The van der Waals surface area contributed by atoms with Crippen molar-refractivity contribution in [2.24, 2.45) is 11.7 Å². The predicted molar refractivity (Wildman–Crippen MR) is 131 cm³/mol. The Kier molecular flexibility index (Phi) is 6.18. The zero-order valence-electron chi connectivity index (χ0n) is 18.1. The van der Waals surface area contributed by atoms with Gasteiger partial charge in [0.2, 0.25) is 11.8 Å². The Morgan fingerprint density at radius 2 is 1.69 bits per heavy atom. The fraction of sp³-hybridized carbons (Fsp3) is 0.174. The van der Waals surface area contributed by atoms with Crippen LogP contribution in [-0.4, -0.2) is 38.5 Å². The number of rotatable bonds is 4. The van der Waals surface area contributed by atoms with E-state index >= 15 is 0 Å². The van der Waals surface area contributed by atoms with E-state index in [0.29, 0.717) is 31.1 Å². The van der Waals surface area contributed by atoms with Gasteiger partial charge in [-0.15, -0.1) is 0 Å². The van der Waals surface area contributed by atoms with Gasteiger partial charge in [-0.05, 0) is 42.0 Å². The summed E-state index contributed by atoms with van der Waals surface area (Å²) in [6, 6.07) is 10.6. The molecule has 13 heteroatoms. The molecule has 5 rings (SSSR count). The topological polar surface area (TPSA) is 132 Å². The molecule has 1 aromatic heterocycles. The number of nitrogens with one attached hydrogen (secondary N) is 1. The molecule has 0 spiro atoms. The highest BCUT2D eigenvalue weighted by Gasteiger charge is 2.57. The quantitative estimate of drug-likeness (QED) is 0.484. The number of carbonyl (C=O) groups excluding carboxylic acids is 4. The number of hydrogen-bond acceptors (Lipinski definition) is 7. The number of benzene rings is 2. The van der Waals surface area contributed by atoms with Gasteiger partial charge in [0, 0.05) is 21.5 Å². The van der Waals surface area contributed by atoms with Gasteiger partial charge in [0.05, 0.1) is 10.9 Å².